The van der Waals surface area contributed by atoms with E-state index in [9.17, 15) is 14.7 Å². The van der Waals surface area contributed by atoms with E-state index in [0.29, 0.717) is 10.7 Å². The van der Waals surface area contributed by atoms with Crippen LogP contribution in [0.5, 0.6) is 0 Å². The Morgan fingerprint density at radius 3 is 2.61 bits per heavy atom. The molecule has 144 valence electrons. The Hall–Kier alpha value is -3.13. The molecule has 0 saturated heterocycles. The predicted octanol–water partition coefficient (Wildman–Crippen LogP) is 4.27. The van der Waals surface area contributed by atoms with Gasteiger partial charge < -0.3 is 20.7 Å². The second kappa shape index (κ2) is 7.47. The van der Waals surface area contributed by atoms with Crippen LogP contribution >= 0.6 is 11.3 Å². The van der Waals surface area contributed by atoms with E-state index in [1.54, 1.807) is 6.07 Å². The fraction of sp³-hybridized carbons (Fsp3) is 0.250. The molecule has 28 heavy (non-hydrogen) atoms. The number of aromatic carboxylic acids is 1. The van der Waals surface area contributed by atoms with Crippen molar-refractivity contribution in [3.05, 3.63) is 52.6 Å². The number of rotatable bonds is 6. The number of hydrogen-bond donors (Lipinski definition) is 3. The third-order valence-corrected chi connectivity index (χ3v) is 5.99. The molecule has 4 N–H and O–H groups in total. The Morgan fingerprint density at radius 1 is 1.21 bits per heavy atom. The van der Waals surface area contributed by atoms with E-state index in [1.807, 2.05) is 30.3 Å². The molecule has 0 bridgehead atoms. The zero-order chi connectivity index (χ0) is 19.7. The molecule has 0 aliphatic heterocycles. The summed E-state index contributed by atoms with van der Waals surface area (Å²) in [5.41, 5.74) is 7.30. The SMILES string of the molecule is Nc1c(C(=O)c2cc(-c3ccccc3)no2)sc(NC2CCCC2)c1C(=O)O. The highest BCUT2D eigenvalue weighted by atomic mass is 32.1. The molecule has 1 aromatic carbocycles. The van der Waals surface area contributed by atoms with Crippen molar-refractivity contribution in [3.63, 3.8) is 0 Å². The van der Waals surface area contributed by atoms with Crippen molar-refractivity contribution in [2.24, 2.45) is 0 Å². The van der Waals surface area contributed by atoms with Gasteiger partial charge in [-0.3, -0.25) is 4.79 Å². The van der Waals surface area contributed by atoms with Crippen LogP contribution in [-0.2, 0) is 0 Å². The minimum Gasteiger partial charge on any atom is -0.478 e. The van der Waals surface area contributed by atoms with Crippen molar-refractivity contribution >= 4 is 33.8 Å². The summed E-state index contributed by atoms with van der Waals surface area (Å²) in [6.07, 6.45) is 4.16. The van der Waals surface area contributed by atoms with Crippen molar-refractivity contribution in [1.82, 2.24) is 5.16 Å². The molecule has 8 heteroatoms. The number of nitrogens with zero attached hydrogens (tertiary/aromatic N) is 1. The number of carbonyl (C=O) groups excluding carboxylic acids is 1. The lowest BCUT2D eigenvalue weighted by Crippen LogP contribution is -2.15. The van der Waals surface area contributed by atoms with E-state index in [1.165, 1.54) is 0 Å². The second-order valence-electron chi connectivity index (χ2n) is 6.75. The van der Waals surface area contributed by atoms with Gasteiger partial charge in [0.2, 0.25) is 11.5 Å². The van der Waals surface area contributed by atoms with Crippen LogP contribution in [0.15, 0.2) is 40.9 Å². The molecule has 0 amide bonds. The van der Waals surface area contributed by atoms with Gasteiger partial charge in [-0.2, -0.15) is 0 Å². The Morgan fingerprint density at radius 2 is 1.93 bits per heavy atom. The number of nitrogens with two attached hydrogens (primary N) is 1. The molecule has 2 aromatic heterocycles. The monoisotopic (exact) mass is 397 g/mol. The largest absolute Gasteiger partial charge is 0.478 e. The van der Waals surface area contributed by atoms with Gasteiger partial charge in [-0.25, -0.2) is 4.79 Å². The van der Waals surface area contributed by atoms with Crippen LogP contribution in [0.4, 0.5) is 10.7 Å². The third kappa shape index (κ3) is 3.38. The van der Waals surface area contributed by atoms with Crippen molar-refractivity contribution in [2.45, 2.75) is 31.7 Å². The van der Waals surface area contributed by atoms with Crippen molar-refractivity contribution < 1.29 is 19.2 Å². The molecule has 1 saturated carbocycles. The number of ketones is 1. The number of benzene rings is 1. The molecule has 0 spiro atoms. The van der Waals surface area contributed by atoms with E-state index < -0.39 is 11.8 Å². The topological polar surface area (TPSA) is 118 Å². The maximum absolute atomic E-state index is 12.9. The van der Waals surface area contributed by atoms with Gasteiger partial charge in [0.25, 0.3) is 0 Å². The summed E-state index contributed by atoms with van der Waals surface area (Å²) in [6, 6.07) is 11.1. The lowest BCUT2D eigenvalue weighted by Gasteiger charge is -2.12. The Labute approximate surface area is 165 Å². The molecule has 1 fully saturated rings. The van der Waals surface area contributed by atoms with Crippen LogP contribution in [-0.4, -0.2) is 28.1 Å². The van der Waals surface area contributed by atoms with Crippen LogP contribution in [0.2, 0.25) is 0 Å². The maximum Gasteiger partial charge on any atom is 0.340 e. The van der Waals surface area contributed by atoms with E-state index in [-0.39, 0.29) is 27.9 Å². The standard InChI is InChI=1S/C20H19N3O4S/c21-16-15(20(25)26)19(22-12-8-4-5-9-12)28-18(16)17(24)14-10-13(23-27-14)11-6-2-1-3-7-11/h1-3,6-7,10,12,22H,4-5,8-9,21H2,(H,25,26). The number of hydrogen-bond acceptors (Lipinski definition) is 7. The zero-order valence-electron chi connectivity index (χ0n) is 15.0. The van der Waals surface area contributed by atoms with Crippen LogP contribution in [0.25, 0.3) is 11.3 Å². The van der Waals surface area contributed by atoms with Crippen LogP contribution in [0.3, 0.4) is 0 Å². The number of nitrogen functional groups attached to an aromatic ring is 1. The second-order valence-corrected chi connectivity index (χ2v) is 7.77. The normalized spacial score (nSPS) is 14.3. The van der Waals surface area contributed by atoms with Crippen molar-refractivity contribution in [2.75, 3.05) is 11.1 Å². The molecule has 0 radical (unpaired) electrons. The summed E-state index contributed by atoms with van der Waals surface area (Å²) in [6.45, 7) is 0. The lowest BCUT2D eigenvalue weighted by molar-refractivity contribution is 0.0699. The van der Waals surface area contributed by atoms with E-state index >= 15 is 0 Å². The van der Waals surface area contributed by atoms with Crippen molar-refractivity contribution in [1.29, 1.82) is 0 Å². The number of aromatic nitrogens is 1. The molecular weight excluding hydrogens is 378 g/mol. The molecule has 7 nitrogen and oxygen atoms in total. The Kier molecular flexibility index (Phi) is 4.87. The first kappa shape index (κ1) is 18.2. The van der Waals surface area contributed by atoms with E-state index in [2.05, 4.69) is 10.5 Å². The number of carboxylic acid groups (broad SMARTS) is 1. The fourth-order valence-electron chi connectivity index (χ4n) is 3.42. The summed E-state index contributed by atoms with van der Waals surface area (Å²) in [5.74, 6) is -1.61. The Balaban J connectivity index is 1.66. The average molecular weight is 397 g/mol. The first-order valence-electron chi connectivity index (χ1n) is 9.03. The first-order chi connectivity index (χ1) is 13.5. The highest BCUT2D eigenvalue weighted by Gasteiger charge is 2.29. The summed E-state index contributed by atoms with van der Waals surface area (Å²) in [7, 11) is 0. The van der Waals surface area contributed by atoms with Gasteiger partial charge in [0.15, 0.2) is 0 Å². The summed E-state index contributed by atoms with van der Waals surface area (Å²) < 4.78 is 5.22. The van der Waals surface area contributed by atoms with Gasteiger partial charge in [-0.05, 0) is 12.8 Å². The maximum atomic E-state index is 12.9. The van der Waals surface area contributed by atoms with E-state index in [0.717, 1.165) is 42.6 Å². The van der Waals surface area contributed by atoms with Gasteiger partial charge in [-0.1, -0.05) is 48.3 Å². The molecule has 0 atom stereocenters. The third-order valence-electron chi connectivity index (χ3n) is 4.86. The van der Waals surface area contributed by atoms with Crippen LogP contribution in [0, 0.1) is 0 Å². The predicted molar refractivity (Wildman–Crippen MR) is 107 cm³/mol. The number of anilines is 2. The molecule has 3 aromatic rings. The van der Waals surface area contributed by atoms with Gasteiger partial charge in [0.1, 0.15) is 21.1 Å². The van der Waals surface area contributed by atoms with Gasteiger partial charge >= 0.3 is 5.97 Å². The number of nitrogens with one attached hydrogen (secondary N) is 1. The molecule has 4 rings (SSSR count). The molecular formula is C20H19N3O4S. The minimum absolute atomic E-state index is 0.0242. The summed E-state index contributed by atoms with van der Waals surface area (Å²) in [4.78, 5) is 24.8. The number of carboxylic acids is 1. The summed E-state index contributed by atoms with van der Waals surface area (Å²) >= 11 is 1.06. The van der Waals surface area contributed by atoms with E-state index in [4.69, 9.17) is 10.3 Å². The van der Waals surface area contributed by atoms with Gasteiger partial charge in [0.05, 0.1) is 5.69 Å². The molecule has 1 aliphatic carbocycles. The minimum atomic E-state index is -1.16. The van der Waals surface area contributed by atoms with Crippen LogP contribution in [0.1, 0.15) is 51.5 Å². The van der Waals surface area contributed by atoms with Crippen molar-refractivity contribution in [3.8, 4) is 11.3 Å². The quantitative estimate of drug-likeness (QED) is 0.532. The van der Waals surface area contributed by atoms with Gasteiger partial charge in [0, 0.05) is 17.7 Å². The smallest absolute Gasteiger partial charge is 0.340 e. The van der Waals surface area contributed by atoms with Crippen LogP contribution < -0.4 is 11.1 Å². The van der Waals surface area contributed by atoms with Gasteiger partial charge in [-0.15, -0.1) is 11.3 Å². The zero-order valence-corrected chi connectivity index (χ0v) is 15.8. The lowest BCUT2D eigenvalue weighted by atomic mass is 10.1. The Bertz CT molecular complexity index is 1020. The average Bonchev–Trinajstić information content (AvgIpc) is 3.42. The fourth-order valence-corrected chi connectivity index (χ4v) is 4.56. The molecule has 0 unspecified atom stereocenters. The molecule has 2 heterocycles. The highest BCUT2D eigenvalue weighted by molar-refractivity contribution is 7.19. The summed E-state index contributed by atoms with van der Waals surface area (Å²) in [5, 5.41) is 17.2. The number of carbonyl (C=O) groups is 2. The highest BCUT2D eigenvalue weighted by Crippen LogP contribution is 2.39. The molecule has 1 aliphatic rings. The number of thiophene rings is 1. The first-order valence-corrected chi connectivity index (χ1v) is 9.85.